The second-order valence-corrected chi connectivity index (χ2v) is 8.81. The Bertz CT molecular complexity index is 678. The molecule has 0 N–H and O–H groups in total. The lowest BCUT2D eigenvalue weighted by Gasteiger charge is -2.25. The van der Waals surface area contributed by atoms with Crippen molar-refractivity contribution in [2.45, 2.75) is 36.8 Å². The summed E-state index contributed by atoms with van der Waals surface area (Å²) in [6.07, 6.45) is -3.05. The molecule has 0 radical (unpaired) electrons. The standard InChI is InChI=1S/C18H21Cl2F3N2O/c1-16(12-17(16,19)20)15(26)25-8-2-7-24(9-10-25)11-13-3-5-14(6-4-13)18(21,22)23/h3-6H,2,7-12H2,1H3. The Labute approximate surface area is 161 Å². The summed E-state index contributed by atoms with van der Waals surface area (Å²) in [5.41, 5.74) is -0.525. The average molecular weight is 409 g/mol. The SMILES string of the molecule is CC1(C(=O)N2CCCN(Cc3ccc(C(F)(F)F)cc3)CC2)CC1(Cl)Cl. The van der Waals surface area contributed by atoms with Crippen LogP contribution in [0, 0.1) is 5.41 Å². The molecule has 0 spiro atoms. The number of nitrogens with zero attached hydrogens (tertiary/aromatic N) is 2. The second-order valence-electron chi connectivity index (χ2n) is 7.33. The minimum atomic E-state index is -4.32. The third kappa shape index (κ3) is 3.97. The van der Waals surface area contributed by atoms with E-state index in [1.807, 2.05) is 0 Å². The average Bonchev–Trinajstić information content (AvgIpc) is 3.16. The zero-order valence-electron chi connectivity index (χ0n) is 14.5. The number of hydrogen-bond donors (Lipinski definition) is 0. The highest BCUT2D eigenvalue weighted by Crippen LogP contribution is 2.64. The molecule has 1 saturated carbocycles. The highest BCUT2D eigenvalue weighted by atomic mass is 35.5. The molecule has 1 aliphatic carbocycles. The Morgan fingerprint density at radius 3 is 2.27 bits per heavy atom. The molecule has 1 atom stereocenters. The Balaban J connectivity index is 1.57. The van der Waals surface area contributed by atoms with Crippen LogP contribution in [-0.2, 0) is 17.5 Å². The van der Waals surface area contributed by atoms with Gasteiger partial charge in [0, 0.05) is 32.7 Å². The van der Waals surface area contributed by atoms with Gasteiger partial charge in [0.25, 0.3) is 0 Å². The highest BCUT2D eigenvalue weighted by molar-refractivity contribution is 6.53. The normalized spacial score (nSPS) is 26.5. The van der Waals surface area contributed by atoms with Gasteiger partial charge in [-0.05, 0) is 37.5 Å². The molecule has 8 heteroatoms. The monoisotopic (exact) mass is 408 g/mol. The number of carbonyl (C=O) groups is 1. The van der Waals surface area contributed by atoms with Crippen LogP contribution in [0.3, 0.4) is 0 Å². The Kier molecular flexibility index (Phi) is 5.23. The summed E-state index contributed by atoms with van der Waals surface area (Å²) in [6.45, 7) is 5.02. The molecule has 2 fully saturated rings. The first kappa shape index (κ1) is 19.8. The molecule has 26 heavy (non-hydrogen) atoms. The Morgan fingerprint density at radius 2 is 1.73 bits per heavy atom. The van der Waals surface area contributed by atoms with Gasteiger partial charge < -0.3 is 4.90 Å². The summed E-state index contributed by atoms with van der Waals surface area (Å²) in [4.78, 5) is 16.6. The molecule has 1 unspecified atom stereocenters. The minimum absolute atomic E-state index is 0.0149. The van der Waals surface area contributed by atoms with Crippen molar-refractivity contribution in [1.29, 1.82) is 0 Å². The van der Waals surface area contributed by atoms with E-state index in [9.17, 15) is 18.0 Å². The van der Waals surface area contributed by atoms with Crippen molar-refractivity contribution >= 4 is 29.1 Å². The highest BCUT2D eigenvalue weighted by Gasteiger charge is 2.68. The van der Waals surface area contributed by atoms with Crippen LogP contribution in [0.2, 0.25) is 0 Å². The van der Waals surface area contributed by atoms with Gasteiger partial charge in [0.2, 0.25) is 5.91 Å². The van der Waals surface area contributed by atoms with Crippen molar-refractivity contribution in [1.82, 2.24) is 9.80 Å². The third-order valence-corrected chi connectivity index (χ3v) is 6.39. The van der Waals surface area contributed by atoms with Crippen molar-refractivity contribution < 1.29 is 18.0 Å². The molecule has 1 aromatic rings. The van der Waals surface area contributed by atoms with Crippen LogP contribution in [0.5, 0.6) is 0 Å². The smallest absolute Gasteiger partial charge is 0.341 e. The second kappa shape index (κ2) is 6.88. The Morgan fingerprint density at radius 1 is 1.12 bits per heavy atom. The molecule has 3 nitrogen and oxygen atoms in total. The summed E-state index contributed by atoms with van der Waals surface area (Å²) in [5.74, 6) is -0.0149. The lowest BCUT2D eigenvalue weighted by atomic mass is 10.1. The lowest BCUT2D eigenvalue weighted by Crippen LogP contribution is -2.40. The number of rotatable bonds is 3. The summed E-state index contributed by atoms with van der Waals surface area (Å²) >= 11 is 12.2. The third-order valence-electron chi connectivity index (χ3n) is 5.29. The van der Waals surface area contributed by atoms with Crippen LogP contribution >= 0.6 is 23.2 Å². The van der Waals surface area contributed by atoms with Crippen LogP contribution in [0.25, 0.3) is 0 Å². The first-order chi connectivity index (χ1) is 12.0. The molecule has 1 amide bonds. The van der Waals surface area contributed by atoms with Crippen LogP contribution in [0.1, 0.15) is 30.9 Å². The number of carbonyl (C=O) groups excluding carboxylic acids is 1. The maximum Gasteiger partial charge on any atom is 0.416 e. The quantitative estimate of drug-likeness (QED) is 0.695. The molecule has 3 rings (SSSR count). The van der Waals surface area contributed by atoms with Crippen molar-refractivity contribution in [3.8, 4) is 0 Å². The number of halogens is 5. The van der Waals surface area contributed by atoms with Crippen molar-refractivity contribution in [3.05, 3.63) is 35.4 Å². The molecule has 1 saturated heterocycles. The van der Waals surface area contributed by atoms with Gasteiger partial charge in [-0.3, -0.25) is 9.69 Å². The van der Waals surface area contributed by atoms with E-state index in [2.05, 4.69) is 4.90 Å². The Hall–Kier alpha value is -0.980. The van der Waals surface area contributed by atoms with E-state index in [1.165, 1.54) is 12.1 Å². The van der Waals surface area contributed by atoms with Gasteiger partial charge in [0.1, 0.15) is 4.33 Å². The summed E-state index contributed by atoms with van der Waals surface area (Å²) in [6, 6.07) is 5.24. The lowest BCUT2D eigenvalue weighted by molar-refractivity contribution is -0.137. The molecular weight excluding hydrogens is 388 g/mol. The zero-order valence-corrected chi connectivity index (χ0v) is 16.0. The van der Waals surface area contributed by atoms with Gasteiger partial charge in [0.05, 0.1) is 11.0 Å². The molecule has 144 valence electrons. The van der Waals surface area contributed by atoms with E-state index in [0.717, 1.165) is 30.7 Å². The predicted molar refractivity (Wildman–Crippen MR) is 95.1 cm³/mol. The van der Waals surface area contributed by atoms with Gasteiger partial charge in [-0.1, -0.05) is 12.1 Å². The fraction of sp³-hybridized carbons (Fsp3) is 0.611. The first-order valence-corrected chi connectivity index (χ1v) is 9.34. The van der Waals surface area contributed by atoms with Crippen molar-refractivity contribution in [2.24, 2.45) is 5.41 Å². The molecule has 2 aliphatic rings. The number of benzene rings is 1. The van der Waals surface area contributed by atoms with E-state index in [0.29, 0.717) is 32.6 Å². The van der Waals surface area contributed by atoms with Crippen molar-refractivity contribution in [3.63, 3.8) is 0 Å². The van der Waals surface area contributed by atoms with Crippen LogP contribution in [0.4, 0.5) is 13.2 Å². The zero-order chi connectivity index (χ0) is 19.2. The summed E-state index contributed by atoms with van der Waals surface area (Å²) in [7, 11) is 0. The van der Waals surface area contributed by atoms with Gasteiger partial charge >= 0.3 is 6.18 Å². The number of alkyl halides is 5. The maximum atomic E-state index is 12.7. The number of hydrogen-bond acceptors (Lipinski definition) is 2. The summed E-state index contributed by atoms with van der Waals surface area (Å²) in [5, 5.41) is 0. The molecule has 1 aromatic carbocycles. The fourth-order valence-corrected chi connectivity index (χ4v) is 4.07. The molecule has 1 aliphatic heterocycles. The van der Waals surface area contributed by atoms with Gasteiger partial charge in [-0.15, -0.1) is 23.2 Å². The first-order valence-electron chi connectivity index (χ1n) is 8.59. The van der Waals surface area contributed by atoms with Crippen LogP contribution < -0.4 is 0 Å². The minimum Gasteiger partial charge on any atom is -0.341 e. The predicted octanol–water partition coefficient (Wildman–Crippen LogP) is 4.32. The van der Waals surface area contributed by atoms with E-state index in [1.54, 1.807) is 11.8 Å². The molecular formula is C18H21Cl2F3N2O. The van der Waals surface area contributed by atoms with Crippen LogP contribution in [0.15, 0.2) is 24.3 Å². The van der Waals surface area contributed by atoms with Gasteiger partial charge in [-0.25, -0.2) is 0 Å². The van der Waals surface area contributed by atoms with E-state index < -0.39 is 21.5 Å². The fourth-order valence-electron chi connectivity index (χ4n) is 3.37. The van der Waals surface area contributed by atoms with E-state index in [-0.39, 0.29) is 5.91 Å². The van der Waals surface area contributed by atoms with Crippen LogP contribution in [-0.4, -0.2) is 46.2 Å². The summed E-state index contributed by atoms with van der Waals surface area (Å²) < 4.78 is 36.9. The number of amides is 1. The maximum absolute atomic E-state index is 12.7. The molecule has 0 bridgehead atoms. The topological polar surface area (TPSA) is 23.6 Å². The largest absolute Gasteiger partial charge is 0.416 e. The molecule has 0 aromatic heterocycles. The van der Waals surface area contributed by atoms with Gasteiger partial charge in [-0.2, -0.15) is 13.2 Å². The van der Waals surface area contributed by atoms with Crippen molar-refractivity contribution in [2.75, 3.05) is 26.2 Å². The van der Waals surface area contributed by atoms with E-state index in [4.69, 9.17) is 23.2 Å². The van der Waals surface area contributed by atoms with E-state index >= 15 is 0 Å². The van der Waals surface area contributed by atoms with Gasteiger partial charge in [0.15, 0.2) is 0 Å². The molecule has 1 heterocycles.